The zero-order chi connectivity index (χ0) is 22.8. The molecule has 5 rings (SSSR count). The Balaban J connectivity index is 1.40. The predicted molar refractivity (Wildman–Crippen MR) is 133 cm³/mol. The lowest BCUT2D eigenvalue weighted by molar-refractivity contribution is 0.415. The molecule has 2 aromatic carbocycles. The molecule has 166 valence electrons. The molecule has 3 aromatic heterocycles. The zero-order valence-corrected chi connectivity index (χ0v) is 19.8. The third-order valence-electron chi connectivity index (χ3n) is 4.94. The average Bonchev–Trinajstić information content (AvgIpc) is 3.54. The van der Waals surface area contributed by atoms with Gasteiger partial charge in [-0.15, -0.1) is 11.3 Å². The Kier molecular flexibility index (Phi) is 5.76. The molecule has 3 heterocycles. The van der Waals surface area contributed by atoms with E-state index >= 15 is 0 Å². The Morgan fingerprint density at radius 3 is 2.27 bits per heavy atom. The summed E-state index contributed by atoms with van der Waals surface area (Å²) in [4.78, 5) is 10.2. The number of ether oxygens (including phenoxy) is 2. The number of hydrogen-bond acceptors (Lipinski definition) is 9. The molecule has 0 fully saturated rings. The number of nitrogens with one attached hydrogen (secondary N) is 1. The summed E-state index contributed by atoms with van der Waals surface area (Å²) in [5.41, 5.74) is 7.48. The second-order valence-corrected chi connectivity index (χ2v) is 9.04. The number of nitrogens with zero attached hydrogens (tertiary/aromatic N) is 5. The molecule has 0 aliphatic heterocycles. The summed E-state index contributed by atoms with van der Waals surface area (Å²) in [7, 11) is 3.30. The van der Waals surface area contributed by atoms with Crippen LogP contribution in [0.5, 0.6) is 11.5 Å². The van der Waals surface area contributed by atoms with Crippen LogP contribution in [0.2, 0.25) is 0 Å². The lowest BCUT2D eigenvalue weighted by Crippen LogP contribution is -1.97. The minimum atomic E-state index is 0.693. The maximum atomic E-state index is 5.27. The van der Waals surface area contributed by atoms with Gasteiger partial charge in [0.15, 0.2) is 0 Å². The number of hydrogen-bond donors (Lipinski definition) is 1. The van der Waals surface area contributed by atoms with Crippen molar-refractivity contribution in [1.29, 1.82) is 0 Å². The number of aromatic nitrogens is 4. The van der Waals surface area contributed by atoms with E-state index in [0.717, 1.165) is 49.7 Å². The van der Waals surface area contributed by atoms with Gasteiger partial charge in [-0.25, -0.2) is 14.5 Å². The van der Waals surface area contributed by atoms with Crippen LogP contribution in [0.25, 0.3) is 27.5 Å². The van der Waals surface area contributed by atoms with Crippen LogP contribution in [0, 0.1) is 6.92 Å². The third-order valence-corrected chi connectivity index (χ3v) is 6.51. The molecule has 0 radical (unpaired) electrons. The van der Waals surface area contributed by atoms with Crippen molar-refractivity contribution in [3.8, 4) is 34.0 Å². The van der Waals surface area contributed by atoms with E-state index in [1.54, 1.807) is 20.4 Å². The van der Waals surface area contributed by atoms with E-state index in [1.807, 2.05) is 65.4 Å². The molecule has 0 spiro atoms. The molecule has 33 heavy (non-hydrogen) atoms. The monoisotopic (exact) mass is 476 g/mol. The van der Waals surface area contributed by atoms with Crippen molar-refractivity contribution in [3.63, 3.8) is 0 Å². The number of anilines is 1. The van der Waals surface area contributed by atoms with Crippen LogP contribution >= 0.6 is 22.7 Å². The van der Waals surface area contributed by atoms with Gasteiger partial charge in [-0.2, -0.15) is 10.2 Å². The van der Waals surface area contributed by atoms with Crippen LogP contribution in [0.1, 0.15) is 10.7 Å². The number of imidazole rings is 1. The van der Waals surface area contributed by atoms with Gasteiger partial charge in [0.1, 0.15) is 27.9 Å². The molecule has 0 atom stereocenters. The highest BCUT2D eigenvalue weighted by Gasteiger charge is 2.16. The molecule has 8 nitrogen and oxygen atoms in total. The SMILES string of the molecule is COc1ccc(-c2csc(N/N=C/c3c(-c4ccc(OC)cc4)nc4sc(C)nn34)n2)cc1. The highest BCUT2D eigenvalue weighted by molar-refractivity contribution is 7.16. The fourth-order valence-corrected chi connectivity index (χ4v) is 4.72. The first-order valence-electron chi connectivity index (χ1n) is 10.0. The summed E-state index contributed by atoms with van der Waals surface area (Å²) in [6.45, 7) is 1.96. The number of rotatable bonds is 7. The maximum absolute atomic E-state index is 5.27. The second-order valence-electron chi connectivity index (χ2n) is 7.03. The third kappa shape index (κ3) is 4.30. The fraction of sp³-hybridized carbons (Fsp3) is 0.130. The summed E-state index contributed by atoms with van der Waals surface area (Å²) in [5.74, 6) is 1.61. The Hall–Kier alpha value is -3.76. The fourth-order valence-electron chi connectivity index (χ4n) is 3.30. The number of hydrazone groups is 1. The van der Waals surface area contributed by atoms with Crippen molar-refractivity contribution in [1.82, 2.24) is 19.6 Å². The van der Waals surface area contributed by atoms with Crippen LogP contribution < -0.4 is 14.9 Å². The van der Waals surface area contributed by atoms with E-state index in [-0.39, 0.29) is 0 Å². The first-order chi connectivity index (χ1) is 16.1. The molecule has 0 saturated heterocycles. The molecule has 0 amide bonds. The van der Waals surface area contributed by atoms with Gasteiger partial charge < -0.3 is 9.47 Å². The summed E-state index contributed by atoms with van der Waals surface area (Å²) in [5, 5.41) is 12.6. The predicted octanol–water partition coefficient (Wildman–Crippen LogP) is 5.35. The van der Waals surface area contributed by atoms with E-state index in [9.17, 15) is 0 Å². The normalized spacial score (nSPS) is 11.4. The van der Waals surface area contributed by atoms with Gasteiger partial charge >= 0.3 is 0 Å². The number of benzene rings is 2. The summed E-state index contributed by atoms with van der Waals surface area (Å²) >= 11 is 3.02. The van der Waals surface area contributed by atoms with E-state index in [2.05, 4.69) is 20.6 Å². The van der Waals surface area contributed by atoms with Gasteiger partial charge in [0, 0.05) is 16.5 Å². The van der Waals surface area contributed by atoms with Crippen molar-refractivity contribution < 1.29 is 9.47 Å². The van der Waals surface area contributed by atoms with Gasteiger partial charge in [-0.3, -0.25) is 5.43 Å². The number of fused-ring (bicyclic) bond motifs is 1. The Morgan fingerprint density at radius 2 is 1.61 bits per heavy atom. The Morgan fingerprint density at radius 1 is 0.939 bits per heavy atom. The number of methoxy groups -OCH3 is 2. The highest BCUT2D eigenvalue weighted by Crippen LogP contribution is 2.28. The molecular weight excluding hydrogens is 456 g/mol. The standard InChI is InChI=1S/C23H20N6O2S2/c1-14-28-29-20(21(26-23(29)33-14)16-6-10-18(31-3)11-7-16)12-24-27-22-25-19(13-32-22)15-4-8-17(30-2)9-5-15/h4-13H,1-3H3,(H,25,27)/b24-12+. The van der Waals surface area contributed by atoms with Gasteiger partial charge in [0.05, 0.1) is 26.1 Å². The smallest absolute Gasteiger partial charge is 0.213 e. The van der Waals surface area contributed by atoms with Crippen molar-refractivity contribution in [3.05, 3.63) is 64.6 Å². The summed E-state index contributed by atoms with van der Waals surface area (Å²) < 4.78 is 12.3. The quantitative estimate of drug-likeness (QED) is 0.252. The molecule has 0 bridgehead atoms. The van der Waals surface area contributed by atoms with Crippen LogP contribution in [0.3, 0.4) is 0 Å². The van der Waals surface area contributed by atoms with Crippen LogP contribution in [0.15, 0.2) is 59.0 Å². The topological polar surface area (TPSA) is 85.9 Å². The van der Waals surface area contributed by atoms with Gasteiger partial charge in [-0.05, 0) is 55.5 Å². The van der Waals surface area contributed by atoms with Crippen LogP contribution in [-0.2, 0) is 0 Å². The summed E-state index contributed by atoms with van der Waals surface area (Å²) in [6.07, 6.45) is 1.73. The highest BCUT2D eigenvalue weighted by atomic mass is 32.1. The minimum absolute atomic E-state index is 0.693. The van der Waals surface area contributed by atoms with Crippen molar-refractivity contribution in [2.24, 2.45) is 5.10 Å². The van der Waals surface area contributed by atoms with Crippen molar-refractivity contribution in [2.45, 2.75) is 6.92 Å². The van der Waals surface area contributed by atoms with Crippen LogP contribution in [-0.4, -0.2) is 40.0 Å². The maximum Gasteiger partial charge on any atom is 0.213 e. The average molecular weight is 477 g/mol. The van der Waals surface area contributed by atoms with E-state index in [0.29, 0.717) is 5.13 Å². The van der Waals surface area contributed by atoms with Gasteiger partial charge in [0.2, 0.25) is 10.1 Å². The molecule has 0 aliphatic carbocycles. The first kappa shape index (κ1) is 21.1. The zero-order valence-electron chi connectivity index (χ0n) is 18.1. The minimum Gasteiger partial charge on any atom is -0.497 e. The lowest BCUT2D eigenvalue weighted by Gasteiger charge is -2.02. The lowest BCUT2D eigenvalue weighted by atomic mass is 10.1. The first-order valence-corrected chi connectivity index (χ1v) is 11.7. The van der Waals surface area contributed by atoms with Crippen LogP contribution in [0.4, 0.5) is 5.13 Å². The molecule has 0 unspecified atom stereocenters. The molecule has 1 N–H and O–H groups in total. The Bertz CT molecular complexity index is 1420. The molecule has 0 aliphatic rings. The Labute approximate surface area is 198 Å². The van der Waals surface area contributed by atoms with Crippen molar-refractivity contribution in [2.75, 3.05) is 19.6 Å². The molecule has 10 heteroatoms. The molecular formula is C23H20N6O2S2. The van der Waals surface area contributed by atoms with Gasteiger partial charge in [-0.1, -0.05) is 11.3 Å². The van der Waals surface area contributed by atoms with E-state index in [4.69, 9.17) is 14.5 Å². The number of thiazole rings is 1. The largest absolute Gasteiger partial charge is 0.497 e. The van der Waals surface area contributed by atoms with E-state index in [1.165, 1.54) is 22.7 Å². The summed E-state index contributed by atoms with van der Waals surface area (Å²) in [6, 6.07) is 15.6. The molecule has 5 aromatic rings. The second kappa shape index (κ2) is 9.00. The number of aryl methyl sites for hydroxylation is 1. The van der Waals surface area contributed by atoms with E-state index < -0.39 is 0 Å². The van der Waals surface area contributed by atoms with Crippen molar-refractivity contribution >= 4 is 39.0 Å². The van der Waals surface area contributed by atoms with Gasteiger partial charge in [0.25, 0.3) is 0 Å². The molecule has 0 saturated carbocycles.